The smallest absolute Gasteiger partial charge is 0.323 e. The number of carbonyl (C=O) groups is 2. The Hall–Kier alpha value is -3.76. The number of esters is 1. The van der Waals surface area contributed by atoms with Crippen molar-refractivity contribution in [2.75, 3.05) is 37.4 Å². The van der Waals surface area contributed by atoms with Crippen molar-refractivity contribution in [1.29, 1.82) is 0 Å². The van der Waals surface area contributed by atoms with E-state index >= 15 is 0 Å². The van der Waals surface area contributed by atoms with E-state index in [-0.39, 0.29) is 22.9 Å². The standard InChI is InChI=1S/C28H29ClFN5O4/c1-38-28(37)24-4-2-10-35(24)11-3-5-26(36)34-23-13-19-22(14-25(23)39-15-17-6-7-17)31-16-32-27(19)33-18-8-9-21(30)20(29)12-18/h3,5,8-9,12-14,16-17,24H,2,4,6-7,10-11,15H2,1H3,(H,34,36)(H,31,32,33). The predicted octanol–water partition coefficient (Wildman–Crippen LogP) is 5.09. The fourth-order valence-corrected chi connectivity index (χ4v) is 4.70. The molecule has 2 aromatic carbocycles. The van der Waals surface area contributed by atoms with Crippen LogP contribution in [-0.2, 0) is 14.3 Å². The Morgan fingerprint density at radius 1 is 1.21 bits per heavy atom. The Balaban J connectivity index is 1.36. The number of carbonyl (C=O) groups excluding carboxylic acids is 2. The van der Waals surface area contributed by atoms with Crippen LogP contribution >= 0.6 is 11.6 Å². The normalized spacial score (nSPS) is 17.5. The van der Waals surface area contributed by atoms with Crippen LogP contribution in [0.25, 0.3) is 10.9 Å². The quantitative estimate of drug-likeness (QED) is 0.264. The first-order valence-corrected chi connectivity index (χ1v) is 13.2. The summed E-state index contributed by atoms with van der Waals surface area (Å²) in [6.45, 7) is 1.78. The summed E-state index contributed by atoms with van der Waals surface area (Å²) in [5, 5.41) is 6.68. The SMILES string of the molecule is COC(=O)C1CCCN1CC=CC(=O)Nc1cc2c(Nc3ccc(F)c(Cl)c3)ncnc2cc1OCC1CC1. The van der Waals surface area contributed by atoms with Gasteiger partial charge in [-0.05, 0) is 62.4 Å². The molecule has 204 valence electrons. The molecule has 5 rings (SSSR count). The molecule has 1 aliphatic carbocycles. The summed E-state index contributed by atoms with van der Waals surface area (Å²) in [4.78, 5) is 35.6. The van der Waals surface area contributed by atoms with E-state index in [1.54, 1.807) is 24.3 Å². The third-order valence-corrected chi connectivity index (χ3v) is 7.08. The van der Waals surface area contributed by atoms with Gasteiger partial charge in [-0.1, -0.05) is 17.7 Å². The number of nitrogens with zero attached hydrogens (tertiary/aromatic N) is 3. The number of hydrogen-bond acceptors (Lipinski definition) is 8. The number of nitrogens with one attached hydrogen (secondary N) is 2. The molecule has 2 N–H and O–H groups in total. The van der Waals surface area contributed by atoms with Crippen molar-refractivity contribution in [3.63, 3.8) is 0 Å². The van der Waals surface area contributed by atoms with Crippen molar-refractivity contribution in [3.05, 3.63) is 59.7 Å². The van der Waals surface area contributed by atoms with Gasteiger partial charge in [-0.3, -0.25) is 14.5 Å². The molecule has 2 aliphatic rings. The first-order valence-electron chi connectivity index (χ1n) is 12.8. The fourth-order valence-electron chi connectivity index (χ4n) is 4.52. The number of anilines is 3. The summed E-state index contributed by atoms with van der Waals surface area (Å²) in [5.74, 6) is 0.375. The topological polar surface area (TPSA) is 106 Å². The number of methoxy groups -OCH3 is 1. The highest BCUT2D eigenvalue weighted by molar-refractivity contribution is 6.31. The van der Waals surface area contributed by atoms with Crippen LogP contribution in [0.4, 0.5) is 21.6 Å². The number of likely N-dealkylation sites (tertiary alicyclic amines) is 1. The molecule has 1 atom stereocenters. The highest BCUT2D eigenvalue weighted by Crippen LogP contribution is 2.36. The summed E-state index contributed by atoms with van der Waals surface area (Å²) in [7, 11) is 1.38. The Morgan fingerprint density at radius 2 is 2.05 bits per heavy atom. The van der Waals surface area contributed by atoms with E-state index in [9.17, 15) is 14.0 Å². The summed E-state index contributed by atoms with van der Waals surface area (Å²) < 4.78 is 24.6. The Morgan fingerprint density at radius 3 is 2.82 bits per heavy atom. The lowest BCUT2D eigenvalue weighted by Gasteiger charge is -2.20. The van der Waals surface area contributed by atoms with Gasteiger partial charge in [0, 0.05) is 29.8 Å². The summed E-state index contributed by atoms with van der Waals surface area (Å²) >= 11 is 5.94. The molecular formula is C28H29ClFN5O4. The van der Waals surface area contributed by atoms with Crippen LogP contribution in [0.15, 0.2) is 48.8 Å². The van der Waals surface area contributed by atoms with E-state index in [2.05, 4.69) is 20.6 Å². The van der Waals surface area contributed by atoms with E-state index < -0.39 is 5.82 Å². The van der Waals surface area contributed by atoms with Crippen LogP contribution in [0.1, 0.15) is 25.7 Å². The highest BCUT2D eigenvalue weighted by Gasteiger charge is 2.30. The average Bonchev–Trinajstić information content (AvgIpc) is 3.65. The summed E-state index contributed by atoms with van der Waals surface area (Å²) in [6.07, 6.45) is 8.49. The van der Waals surface area contributed by atoms with Gasteiger partial charge in [0.1, 0.15) is 29.8 Å². The molecule has 1 aliphatic heterocycles. The lowest BCUT2D eigenvalue weighted by Crippen LogP contribution is -2.36. The second-order valence-corrected chi connectivity index (χ2v) is 10.1. The summed E-state index contributed by atoms with van der Waals surface area (Å²) in [5.41, 5.74) is 1.64. The van der Waals surface area contributed by atoms with Gasteiger partial charge in [0.05, 0.1) is 29.9 Å². The van der Waals surface area contributed by atoms with Crippen LogP contribution in [0.2, 0.25) is 5.02 Å². The zero-order valence-corrected chi connectivity index (χ0v) is 22.2. The Bertz CT molecular complexity index is 1410. The molecule has 1 saturated carbocycles. The third kappa shape index (κ3) is 6.63. The predicted molar refractivity (Wildman–Crippen MR) is 147 cm³/mol. The second kappa shape index (κ2) is 12.0. The maximum absolute atomic E-state index is 13.6. The zero-order valence-electron chi connectivity index (χ0n) is 21.5. The molecule has 9 nitrogen and oxygen atoms in total. The van der Waals surface area contributed by atoms with Gasteiger partial charge in [-0.15, -0.1) is 0 Å². The van der Waals surface area contributed by atoms with E-state index in [0.717, 1.165) is 32.2 Å². The maximum Gasteiger partial charge on any atom is 0.323 e. The molecule has 0 radical (unpaired) electrons. The number of fused-ring (bicyclic) bond motifs is 1. The number of benzene rings is 2. The number of amides is 1. The molecule has 3 aromatic rings. The molecule has 0 bridgehead atoms. The molecule has 11 heteroatoms. The number of halogens is 2. The number of aromatic nitrogens is 2. The van der Waals surface area contributed by atoms with Crippen molar-refractivity contribution in [2.45, 2.75) is 31.7 Å². The van der Waals surface area contributed by atoms with Crippen molar-refractivity contribution in [3.8, 4) is 5.75 Å². The van der Waals surface area contributed by atoms with Gasteiger partial charge in [0.25, 0.3) is 0 Å². The van der Waals surface area contributed by atoms with Crippen molar-refractivity contribution in [1.82, 2.24) is 14.9 Å². The number of ether oxygens (including phenoxy) is 2. The summed E-state index contributed by atoms with van der Waals surface area (Å²) in [6, 6.07) is 7.53. The zero-order chi connectivity index (χ0) is 27.4. The van der Waals surface area contributed by atoms with Crippen LogP contribution < -0.4 is 15.4 Å². The number of hydrogen-bond donors (Lipinski definition) is 2. The minimum atomic E-state index is -0.518. The van der Waals surface area contributed by atoms with Gasteiger partial charge >= 0.3 is 5.97 Å². The first-order chi connectivity index (χ1) is 18.9. The monoisotopic (exact) mass is 553 g/mol. The Kier molecular flexibility index (Phi) is 8.23. The molecule has 1 aromatic heterocycles. The molecule has 39 heavy (non-hydrogen) atoms. The molecule has 2 heterocycles. The second-order valence-electron chi connectivity index (χ2n) is 9.66. The third-order valence-electron chi connectivity index (χ3n) is 6.79. The maximum atomic E-state index is 13.6. The minimum Gasteiger partial charge on any atom is -0.491 e. The van der Waals surface area contributed by atoms with Crippen LogP contribution in [-0.4, -0.2) is 59.6 Å². The highest BCUT2D eigenvalue weighted by atomic mass is 35.5. The van der Waals surface area contributed by atoms with E-state index in [0.29, 0.717) is 52.9 Å². The van der Waals surface area contributed by atoms with Crippen molar-refractivity contribution in [2.24, 2.45) is 5.92 Å². The lowest BCUT2D eigenvalue weighted by molar-refractivity contribution is -0.145. The van der Waals surface area contributed by atoms with Gasteiger partial charge in [0.2, 0.25) is 5.91 Å². The van der Waals surface area contributed by atoms with E-state index in [4.69, 9.17) is 21.1 Å². The largest absolute Gasteiger partial charge is 0.491 e. The van der Waals surface area contributed by atoms with Gasteiger partial charge < -0.3 is 20.1 Å². The minimum absolute atomic E-state index is 0.0132. The van der Waals surface area contributed by atoms with Gasteiger partial charge in [-0.2, -0.15) is 0 Å². The lowest BCUT2D eigenvalue weighted by atomic mass is 10.1. The number of rotatable bonds is 10. The Labute approximate surface area is 230 Å². The van der Waals surface area contributed by atoms with E-state index in [1.165, 1.54) is 31.6 Å². The van der Waals surface area contributed by atoms with Crippen LogP contribution in [0.5, 0.6) is 5.75 Å². The van der Waals surface area contributed by atoms with Crippen LogP contribution in [0.3, 0.4) is 0 Å². The molecule has 0 spiro atoms. The fraction of sp³-hybridized carbons (Fsp3) is 0.357. The van der Waals surface area contributed by atoms with Gasteiger partial charge in [0.15, 0.2) is 0 Å². The van der Waals surface area contributed by atoms with Gasteiger partial charge in [-0.25, -0.2) is 14.4 Å². The molecule has 2 fully saturated rings. The van der Waals surface area contributed by atoms with Crippen LogP contribution in [0, 0.1) is 11.7 Å². The molecular weight excluding hydrogens is 525 g/mol. The van der Waals surface area contributed by atoms with Crippen molar-refractivity contribution < 1.29 is 23.5 Å². The molecule has 1 saturated heterocycles. The average molecular weight is 554 g/mol. The first kappa shape index (κ1) is 26.8. The van der Waals surface area contributed by atoms with E-state index in [1.807, 2.05) is 4.90 Å². The molecule has 1 unspecified atom stereocenters. The molecule has 1 amide bonds. The van der Waals surface area contributed by atoms with Crippen molar-refractivity contribution >= 4 is 51.6 Å².